The van der Waals surface area contributed by atoms with Crippen molar-refractivity contribution in [1.29, 1.82) is 0 Å². The minimum atomic E-state index is -1.69. The molecular formula is C27H32N2O5. The summed E-state index contributed by atoms with van der Waals surface area (Å²) in [6, 6.07) is 18.4. The Morgan fingerprint density at radius 2 is 1.62 bits per heavy atom. The second-order valence-electron chi connectivity index (χ2n) is 9.08. The van der Waals surface area contributed by atoms with Crippen molar-refractivity contribution in [2.75, 3.05) is 0 Å². The maximum Gasteiger partial charge on any atom is 0.330 e. The lowest BCUT2D eigenvalue weighted by Gasteiger charge is -2.39. The van der Waals surface area contributed by atoms with Gasteiger partial charge in [0.05, 0.1) is 0 Å². The molecule has 180 valence electrons. The lowest BCUT2D eigenvalue weighted by atomic mass is 9.83. The van der Waals surface area contributed by atoms with Crippen molar-refractivity contribution in [2.24, 2.45) is 5.92 Å². The van der Waals surface area contributed by atoms with E-state index in [0.717, 1.165) is 24.2 Å². The van der Waals surface area contributed by atoms with Gasteiger partial charge in [0.2, 0.25) is 5.91 Å². The lowest BCUT2D eigenvalue weighted by molar-refractivity contribution is -0.162. The molecule has 0 aliphatic carbocycles. The van der Waals surface area contributed by atoms with Crippen molar-refractivity contribution >= 4 is 23.6 Å². The van der Waals surface area contributed by atoms with Crippen molar-refractivity contribution < 1.29 is 24.3 Å². The van der Waals surface area contributed by atoms with E-state index < -0.39 is 41.2 Å². The number of carbonyl (C=O) groups is 4. The van der Waals surface area contributed by atoms with Crippen LogP contribution in [0.5, 0.6) is 0 Å². The van der Waals surface area contributed by atoms with Crippen LogP contribution in [0, 0.1) is 5.92 Å². The number of carboxylic acids is 1. The minimum Gasteiger partial charge on any atom is -0.479 e. The Hall–Kier alpha value is -3.48. The summed E-state index contributed by atoms with van der Waals surface area (Å²) in [4.78, 5) is 52.6. The normalized spacial score (nSPS) is 19.9. The summed E-state index contributed by atoms with van der Waals surface area (Å²) in [5, 5.41) is 12.7. The van der Waals surface area contributed by atoms with E-state index >= 15 is 0 Å². The topological polar surface area (TPSA) is 104 Å². The van der Waals surface area contributed by atoms with Gasteiger partial charge in [-0.05, 0) is 42.9 Å². The average Bonchev–Trinajstić information content (AvgIpc) is 3.13. The van der Waals surface area contributed by atoms with Gasteiger partial charge in [0.1, 0.15) is 0 Å². The van der Waals surface area contributed by atoms with Crippen LogP contribution in [-0.2, 0) is 20.8 Å². The Bertz CT molecular complexity index is 1020. The fraction of sp³-hybridized carbons (Fsp3) is 0.407. The molecule has 2 amide bonds. The average molecular weight is 465 g/mol. The Morgan fingerprint density at radius 3 is 2.21 bits per heavy atom. The molecule has 34 heavy (non-hydrogen) atoms. The summed E-state index contributed by atoms with van der Waals surface area (Å²) >= 11 is 0. The highest BCUT2D eigenvalue weighted by Crippen LogP contribution is 2.38. The number of carboxylic acid groups (broad SMARTS) is 1. The smallest absolute Gasteiger partial charge is 0.330 e. The first-order valence-corrected chi connectivity index (χ1v) is 11.8. The Labute approximate surface area is 200 Å². The molecule has 1 heterocycles. The number of hydrogen-bond acceptors (Lipinski definition) is 4. The molecule has 0 saturated carbocycles. The van der Waals surface area contributed by atoms with Crippen molar-refractivity contribution in [3.8, 4) is 0 Å². The van der Waals surface area contributed by atoms with Crippen molar-refractivity contribution in [3.05, 3.63) is 71.8 Å². The third kappa shape index (κ3) is 5.35. The summed E-state index contributed by atoms with van der Waals surface area (Å²) < 4.78 is 0. The zero-order chi connectivity index (χ0) is 24.7. The molecule has 7 heteroatoms. The molecule has 2 atom stereocenters. The quantitative estimate of drug-likeness (QED) is 0.520. The first-order valence-electron chi connectivity index (χ1n) is 11.8. The third-order valence-corrected chi connectivity index (χ3v) is 6.53. The van der Waals surface area contributed by atoms with Gasteiger partial charge in [-0.25, -0.2) is 4.79 Å². The summed E-state index contributed by atoms with van der Waals surface area (Å²) in [7, 11) is 0. The minimum absolute atomic E-state index is 0.113. The fourth-order valence-electron chi connectivity index (χ4n) is 4.59. The first kappa shape index (κ1) is 25.1. The van der Waals surface area contributed by atoms with Crippen LogP contribution in [0.25, 0.3) is 0 Å². The monoisotopic (exact) mass is 464 g/mol. The molecule has 0 radical (unpaired) electrons. The highest BCUT2D eigenvalue weighted by atomic mass is 16.4. The molecule has 2 aromatic rings. The van der Waals surface area contributed by atoms with Crippen LogP contribution in [0.4, 0.5) is 0 Å². The molecule has 2 aromatic carbocycles. The van der Waals surface area contributed by atoms with Crippen LogP contribution in [0.3, 0.4) is 0 Å². The van der Waals surface area contributed by atoms with Crippen LogP contribution in [0.15, 0.2) is 60.7 Å². The number of amides is 2. The molecule has 2 N–H and O–H groups in total. The van der Waals surface area contributed by atoms with E-state index in [0.29, 0.717) is 12.0 Å². The molecule has 1 saturated heterocycles. The number of hydrogen-bond donors (Lipinski definition) is 2. The Balaban J connectivity index is 1.73. The van der Waals surface area contributed by atoms with E-state index in [1.165, 1.54) is 5.56 Å². The lowest BCUT2D eigenvalue weighted by Crippen LogP contribution is -2.62. The zero-order valence-corrected chi connectivity index (χ0v) is 19.7. The summed E-state index contributed by atoms with van der Waals surface area (Å²) in [6.07, 6.45) is 1.65. The van der Waals surface area contributed by atoms with E-state index in [4.69, 9.17) is 0 Å². The second-order valence-corrected chi connectivity index (χ2v) is 9.08. The molecular weight excluding hydrogens is 432 g/mol. The van der Waals surface area contributed by atoms with E-state index in [1.54, 1.807) is 44.2 Å². The van der Waals surface area contributed by atoms with Gasteiger partial charge in [0.15, 0.2) is 17.5 Å². The maximum absolute atomic E-state index is 13.3. The third-order valence-electron chi connectivity index (χ3n) is 6.53. The Kier molecular flexibility index (Phi) is 8.21. The van der Waals surface area contributed by atoms with Gasteiger partial charge in [-0.1, -0.05) is 68.8 Å². The first-order chi connectivity index (χ1) is 16.3. The van der Waals surface area contributed by atoms with Gasteiger partial charge in [0, 0.05) is 18.4 Å². The fourth-order valence-corrected chi connectivity index (χ4v) is 4.59. The van der Waals surface area contributed by atoms with Gasteiger partial charge in [-0.3, -0.25) is 19.3 Å². The SMILES string of the molecule is CC(C)[C@@]1(C(=O)O)CC(=O)C(NC(=O)c2ccccc2)N1C(=O)CCCCCc1ccccc1. The van der Waals surface area contributed by atoms with Gasteiger partial charge < -0.3 is 10.4 Å². The molecule has 1 aliphatic rings. The zero-order valence-electron chi connectivity index (χ0n) is 19.7. The number of ketones is 1. The van der Waals surface area contributed by atoms with Crippen LogP contribution < -0.4 is 5.32 Å². The maximum atomic E-state index is 13.3. The number of aliphatic carboxylic acids is 1. The standard InChI is InChI=1S/C27H32N2O5/c1-19(2)27(26(33)34)18-22(30)24(28-25(32)21-15-9-5-10-16-21)29(27)23(31)17-11-4-8-14-20-12-6-3-7-13-20/h3,5-7,9-10,12-13,15-16,19,24H,4,8,11,14,17-18H2,1-2H3,(H,28,32)(H,33,34)/t24?,27-/m1/s1. The number of nitrogens with one attached hydrogen (secondary N) is 1. The van der Waals surface area contributed by atoms with Crippen LogP contribution in [0.1, 0.15) is 61.9 Å². The molecule has 1 aliphatic heterocycles. The Morgan fingerprint density at radius 1 is 1.00 bits per heavy atom. The molecule has 3 rings (SSSR count). The number of carbonyl (C=O) groups excluding carboxylic acids is 3. The van der Waals surface area contributed by atoms with Gasteiger partial charge in [-0.2, -0.15) is 0 Å². The predicted molar refractivity (Wildman–Crippen MR) is 128 cm³/mol. The van der Waals surface area contributed by atoms with Crippen molar-refractivity contribution in [2.45, 2.75) is 64.1 Å². The number of rotatable bonds is 10. The van der Waals surface area contributed by atoms with Gasteiger partial charge in [0.25, 0.3) is 5.91 Å². The molecule has 7 nitrogen and oxygen atoms in total. The number of aryl methyl sites for hydroxylation is 1. The van der Waals surface area contributed by atoms with E-state index in [-0.39, 0.29) is 12.8 Å². The molecule has 1 unspecified atom stereocenters. The van der Waals surface area contributed by atoms with Crippen molar-refractivity contribution in [3.63, 3.8) is 0 Å². The van der Waals surface area contributed by atoms with Crippen LogP contribution in [-0.4, -0.2) is 45.3 Å². The molecule has 0 spiro atoms. The van der Waals surface area contributed by atoms with Crippen LogP contribution >= 0.6 is 0 Å². The molecule has 0 aromatic heterocycles. The van der Waals surface area contributed by atoms with Gasteiger partial charge >= 0.3 is 5.97 Å². The summed E-state index contributed by atoms with van der Waals surface area (Å²) in [5.41, 5.74) is -0.124. The predicted octanol–water partition coefficient (Wildman–Crippen LogP) is 3.83. The van der Waals surface area contributed by atoms with E-state index in [1.807, 2.05) is 18.2 Å². The molecule has 1 fully saturated rings. The van der Waals surface area contributed by atoms with Crippen molar-refractivity contribution in [1.82, 2.24) is 10.2 Å². The number of Topliss-reactive ketones (excluding diaryl/α,β-unsaturated/α-hetero) is 1. The number of benzene rings is 2. The number of likely N-dealkylation sites (tertiary alicyclic amines) is 1. The second kappa shape index (κ2) is 11.1. The van der Waals surface area contributed by atoms with E-state index in [2.05, 4.69) is 17.4 Å². The number of unbranched alkanes of at least 4 members (excludes halogenated alkanes) is 2. The molecule has 0 bridgehead atoms. The largest absolute Gasteiger partial charge is 0.479 e. The van der Waals surface area contributed by atoms with Gasteiger partial charge in [-0.15, -0.1) is 0 Å². The number of nitrogens with zero attached hydrogens (tertiary/aromatic N) is 1. The highest BCUT2D eigenvalue weighted by Gasteiger charge is 2.60. The van der Waals surface area contributed by atoms with Crippen LogP contribution in [0.2, 0.25) is 0 Å². The van der Waals surface area contributed by atoms with E-state index in [9.17, 15) is 24.3 Å². The summed E-state index contributed by atoms with van der Waals surface area (Å²) in [6.45, 7) is 3.37. The summed E-state index contributed by atoms with van der Waals surface area (Å²) in [5.74, 6) is -3.18. The highest BCUT2D eigenvalue weighted by molar-refractivity contribution is 6.05.